The Balaban J connectivity index is 1.70. The molecule has 1 amide bonds. The summed E-state index contributed by atoms with van der Waals surface area (Å²) >= 11 is 0. The van der Waals surface area contributed by atoms with E-state index in [9.17, 15) is 4.79 Å². The molecule has 120 valence electrons. The Morgan fingerprint density at radius 2 is 2.09 bits per heavy atom. The molecule has 1 N–H and O–H groups in total. The summed E-state index contributed by atoms with van der Waals surface area (Å²) in [6.07, 6.45) is 7.16. The lowest BCUT2D eigenvalue weighted by molar-refractivity contribution is 0.0938. The van der Waals surface area contributed by atoms with Crippen molar-refractivity contribution in [3.63, 3.8) is 0 Å². The van der Waals surface area contributed by atoms with Gasteiger partial charge in [-0.25, -0.2) is 0 Å². The molecule has 0 aromatic heterocycles. The highest BCUT2D eigenvalue weighted by molar-refractivity contribution is 5.94. The average molecular weight is 301 g/mol. The number of ether oxygens (including phenoxy) is 1. The zero-order chi connectivity index (χ0) is 15.5. The molecule has 0 aliphatic heterocycles. The van der Waals surface area contributed by atoms with Gasteiger partial charge in [-0.2, -0.15) is 0 Å². The molecule has 3 rings (SSSR count). The fraction of sp³-hybridized carbons (Fsp3) is 0.632. The molecule has 0 heterocycles. The van der Waals surface area contributed by atoms with Crippen molar-refractivity contribution < 1.29 is 9.53 Å². The first-order valence-electron chi connectivity index (χ1n) is 8.75. The lowest BCUT2D eigenvalue weighted by Crippen LogP contribution is -2.32. The Hall–Kier alpha value is -1.51. The third-order valence-corrected chi connectivity index (χ3v) is 4.56. The summed E-state index contributed by atoms with van der Waals surface area (Å²) in [5.74, 6) is 2.32. The van der Waals surface area contributed by atoms with E-state index in [0.29, 0.717) is 5.92 Å². The summed E-state index contributed by atoms with van der Waals surface area (Å²) in [5, 5.41) is 3.07. The quantitative estimate of drug-likeness (QED) is 0.778. The largest absolute Gasteiger partial charge is 0.493 e. The van der Waals surface area contributed by atoms with Crippen molar-refractivity contribution in [1.82, 2.24) is 5.32 Å². The molecule has 0 radical (unpaired) electrons. The van der Waals surface area contributed by atoms with E-state index in [0.717, 1.165) is 36.7 Å². The number of rotatable bonds is 8. The van der Waals surface area contributed by atoms with Gasteiger partial charge in [0.05, 0.1) is 6.61 Å². The minimum atomic E-state index is 0.0135. The van der Waals surface area contributed by atoms with Crippen molar-refractivity contribution >= 4 is 5.91 Å². The summed E-state index contributed by atoms with van der Waals surface area (Å²) in [5.41, 5.74) is 2.01. The summed E-state index contributed by atoms with van der Waals surface area (Å²) in [7, 11) is 0. The number of amides is 1. The topological polar surface area (TPSA) is 38.3 Å². The third kappa shape index (κ3) is 4.02. The summed E-state index contributed by atoms with van der Waals surface area (Å²) < 4.78 is 6.03. The van der Waals surface area contributed by atoms with E-state index in [1.54, 1.807) is 0 Å². The lowest BCUT2D eigenvalue weighted by atomic mass is 10.1. The maximum atomic E-state index is 12.4. The van der Waals surface area contributed by atoms with Crippen LogP contribution in [0.3, 0.4) is 0 Å². The fourth-order valence-electron chi connectivity index (χ4n) is 2.84. The van der Waals surface area contributed by atoms with Crippen LogP contribution >= 0.6 is 0 Å². The van der Waals surface area contributed by atoms with Crippen molar-refractivity contribution in [1.29, 1.82) is 0 Å². The van der Waals surface area contributed by atoms with Crippen molar-refractivity contribution in [3.8, 4) is 5.75 Å². The molecule has 0 spiro atoms. The second-order valence-electron chi connectivity index (χ2n) is 6.94. The van der Waals surface area contributed by atoms with Gasteiger partial charge < -0.3 is 10.1 Å². The minimum absolute atomic E-state index is 0.0135. The van der Waals surface area contributed by atoms with Gasteiger partial charge in [-0.15, -0.1) is 0 Å². The summed E-state index contributed by atoms with van der Waals surface area (Å²) in [4.78, 5) is 12.4. The summed E-state index contributed by atoms with van der Waals surface area (Å²) in [6, 6.07) is 6.21. The molecule has 22 heavy (non-hydrogen) atoms. The monoisotopic (exact) mass is 301 g/mol. The van der Waals surface area contributed by atoms with Gasteiger partial charge in [0.2, 0.25) is 0 Å². The molecule has 2 fully saturated rings. The third-order valence-electron chi connectivity index (χ3n) is 4.56. The highest BCUT2D eigenvalue weighted by atomic mass is 16.5. The smallest absolute Gasteiger partial charge is 0.251 e. The van der Waals surface area contributed by atoms with Gasteiger partial charge in [0.15, 0.2) is 0 Å². The van der Waals surface area contributed by atoms with E-state index in [4.69, 9.17) is 4.74 Å². The molecule has 0 bridgehead atoms. The normalized spacial score (nSPS) is 18.8. The van der Waals surface area contributed by atoms with E-state index in [1.807, 2.05) is 12.1 Å². The number of hydrogen-bond acceptors (Lipinski definition) is 2. The van der Waals surface area contributed by atoms with Crippen LogP contribution in [0.1, 0.15) is 74.2 Å². The Kier molecular flexibility index (Phi) is 4.70. The van der Waals surface area contributed by atoms with Crippen LogP contribution in [0.15, 0.2) is 18.2 Å². The second-order valence-corrected chi connectivity index (χ2v) is 6.94. The molecule has 0 saturated heterocycles. The van der Waals surface area contributed by atoms with Crippen LogP contribution in [-0.4, -0.2) is 18.6 Å². The Morgan fingerprint density at radius 1 is 1.32 bits per heavy atom. The lowest BCUT2D eigenvalue weighted by Gasteiger charge is -2.15. The number of hydrogen-bond donors (Lipinski definition) is 1. The fourth-order valence-corrected chi connectivity index (χ4v) is 2.84. The summed E-state index contributed by atoms with van der Waals surface area (Å²) in [6.45, 7) is 5.00. The van der Waals surface area contributed by atoms with Crippen molar-refractivity contribution in [2.75, 3.05) is 6.61 Å². The first-order chi connectivity index (χ1) is 10.7. The molecular weight excluding hydrogens is 274 g/mol. The molecule has 2 saturated carbocycles. The van der Waals surface area contributed by atoms with E-state index in [1.165, 1.54) is 31.2 Å². The van der Waals surface area contributed by atoms with Crippen molar-refractivity contribution in [3.05, 3.63) is 29.3 Å². The van der Waals surface area contributed by atoms with Gasteiger partial charge >= 0.3 is 0 Å². The van der Waals surface area contributed by atoms with Crippen LogP contribution in [-0.2, 0) is 0 Å². The molecule has 3 nitrogen and oxygen atoms in total. The maximum Gasteiger partial charge on any atom is 0.251 e. The minimum Gasteiger partial charge on any atom is -0.493 e. The predicted molar refractivity (Wildman–Crippen MR) is 88.5 cm³/mol. The van der Waals surface area contributed by atoms with Gasteiger partial charge in [0.1, 0.15) is 5.75 Å². The van der Waals surface area contributed by atoms with Gasteiger partial charge in [-0.05, 0) is 68.6 Å². The van der Waals surface area contributed by atoms with Gasteiger partial charge in [0, 0.05) is 11.6 Å². The molecular formula is C19H27NO2. The van der Waals surface area contributed by atoms with Crippen LogP contribution < -0.4 is 10.1 Å². The van der Waals surface area contributed by atoms with Crippen LogP contribution in [0.5, 0.6) is 5.75 Å². The average Bonchev–Trinajstić information content (AvgIpc) is 3.38. The Labute approximate surface area is 133 Å². The first-order valence-corrected chi connectivity index (χ1v) is 8.75. The van der Waals surface area contributed by atoms with Gasteiger partial charge in [-0.1, -0.05) is 19.4 Å². The van der Waals surface area contributed by atoms with Crippen LogP contribution in [0.2, 0.25) is 0 Å². The SMILES string of the molecule is CCCC(C)NC(=O)c1ccc(C2CC2)c(OCC2CC2)c1. The molecule has 3 heteroatoms. The van der Waals surface area contributed by atoms with E-state index in [-0.39, 0.29) is 11.9 Å². The standard InChI is InChI=1S/C19H27NO2/c1-3-4-13(2)20-19(21)16-9-10-17(15-7-8-15)18(11-16)22-12-14-5-6-14/h9-11,13-15H,3-8,12H2,1-2H3,(H,20,21). The highest BCUT2D eigenvalue weighted by Crippen LogP contribution is 2.45. The first kappa shape index (κ1) is 15.4. The molecule has 1 aromatic rings. The maximum absolute atomic E-state index is 12.4. The second kappa shape index (κ2) is 6.72. The highest BCUT2D eigenvalue weighted by Gasteiger charge is 2.29. The van der Waals surface area contributed by atoms with E-state index < -0.39 is 0 Å². The number of nitrogens with one attached hydrogen (secondary N) is 1. The zero-order valence-corrected chi connectivity index (χ0v) is 13.7. The van der Waals surface area contributed by atoms with Crippen LogP contribution in [0.25, 0.3) is 0 Å². The molecule has 2 aliphatic carbocycles. The zero-order valence-electron chi connectivity index (χ0n) is 13.7. The van der Waals surface area contributed by atoms with E-state index >= 15 is 0 Å². The van der Waals surface area contributed by atoms with Gasteiger partial charge in [-0.3, -0.25) is 4.79 Å². The Morgan fingerprint density at radius 3 is 2.73 bits per heavy atom. The van der Waals surface area contributed by atoms with Crippen LogP contribution in [0.4, 0.5) is 0 Å². The molecule has 1 atom stereocenters. The predicted octanol–water partition coefficient (Wildman–Crippen LogP) is 4.27. The van der Waals surface area contributed by atoms with E-state index in [2.05, 4.69) is 25.2 Å². The van der Waals surface area contributed by atoms with Crippen molar-refractivity contribution in [2.45, 2.75) is 64.3 Å². The molecule has 1 aromatic carbocycles. The van der Waals surface area contributed by atoms with Gasteiger partial charge in [0.25, 0.3) is 5.91 Å². The number of benzene rings is 1. The number of carbonyl (C=O) groups is 1. The molecule has 1 unspecified atom stereocenters. The molecule has 2 aliphatic rings. The van der Waals surface area contributed by atoms with Crippen molar-refractivity contribution in [2.24, 2.45) is 5.92 Å². The number of carbonyl (C=O) groups excluding carboxylic acids is 1. The Bertz CT molecular complexity index is 532. The van der Waals surface area contributed by atoms with Crippen LogP contribution in [0, 0.1) is 5.92 Å².